The van der Waals surface area contributed by atoms with Crippen molar-refractivity contribution in [3.63, 3.8) is 0 Å². The van der Waals surface area contributed by atoms with Crippen molar-refractivity contribution < 1.29 is 32.3 Å². The second-order valence-electron chi connectivity index (χ2n) is 9.28. The summed E-state index contributed by atoms with van der Waals surface area (Å²) in [4.78, 5) is 39.6. The average Bonchev–Trinajstić information content (AvgIpc) is 2.77. The van der Waals surface area contributed by atoms with Crippen LogP contribution in [0.4, 0.5) is 21.9 Å². The minimum Gasteiger partial charge on any atom is -0.496 e. The van der Waals surface area contributed by atoms with Crippen LogP contribution in [0.25, 0.3) is 0 Å². The summed E-state index contributed by atoms with van der Waals surface area (Å²) in [5, 5.41) is 5.39. The maximum absolute atomic E-state index is 13.5. The molecule has 1 heterocycles. The minimum atomic E-state index is -3.51. The quantitative estimate of drug-likeness (QED) is 0.511. The molecule has 0 atom stereocenters. The van der Waals surface area contributed by atoms with Gasteiger partial charge in [0, 0.05) is 24.6 Å². The van der Waals surface area contributed by atoms with Crippen LogP contribution in [0, 0.1) is 0 Å². The number of methoxy groups -OCH3 is 2. The lowest BCUT2D eigenvalue weighted by molar-refractivity contribution is -0.118. The summed E-state index contributed by atoms with van der Waals surface area (Å²) in [6, 6.07) is 6.93. The zero-order chi connectivity index (χ0) is 26.8. The van der Waals surface area contributed by atoms with Gasteiger partial charge in [-0.25, -0.2) is 18.1 Å². The highest BCUT2D eigenvalue weighted by Crippen LogP contribution is 2.39. The summed E-state index contributed by atoms with van der Waals surface area (Å²) < 4.78 is 36.4. The molecule has 4 amide bonds. The van der Waals surface area contributed by atoms with E-state index in [0.717, 1.165) is 11.2 Å². The van der Waals surface area contributed by atoms with Crippen LogP contribution in [0.1, 0.15) is 43.1 Å². The number of hydrogen-bond acceptors (Lipinski definition) is 7. The first kappa shape index (κ1) is 26.8. The van der Waals surface area contributed by atoms with Crippen molar-refractivity contribution in [2.24, 2.45) is 0 Å². The molecule has 0 spiro atoms. The van der Waals surface area contributed by atoms with Crippen molar-refractivity contribution in [3.8, 4) is 11.5 Å². The number of amides is 4. The van der Waals surface area contributed by atoms with Gasteiger partial charge in [0.05, 0.1) is 43.1 Å². The Morgan fingerprint density at radius 1 is 1.08 bits per heavy atom. The Labute approximate surface area is 210 Å². The zero-order valence-electron chi connectivity index (χ0n) is 21.0. The molecule has 3 N–H and O–H groups in total. The van der Waals surface area contributed by atoms with Gasteiger partial charge in [-0.05, 0) is 29.7 Å². The number of carbonyl (C=O) groups is 3. The van der Waals surface area contributed by atoms with Gasteiger partial charge in [-0.2, -0.15) is 0 Å². The summed E-state index contributed by atoms with van der Waals surface area (Å²) in [7, 11) is -0.687. The molecule has 0 aromatic heterocycles. The van der Waals surface area contributed by atoms with E-state index in [1.165, 1.54) is 38.5 Å². The van der Waals surface area contributed by atoms with E-state index in [4.69, 9.17) is 9.47 Å². The number of urea groups is 1. The van der Waals surface area contributed by atoms with Gasteiger partial charge in [0.15, 0.2) is 0 Å². The number of imide groups is 1. The van der Waals surface area contributed by atoms with Gasteiger partial charge in [0.2, 0.25) is 15.9 Å². The van der Waals surface area contributed by atoms with Crippen molar-refractivity contribution in [2.75, 3.05) is 42.0 Å². The first-order valence-electron chi connectivity index (χ1n) is 11.1. The third kappa shape index (κ3) is 5.88. The minimum absolute atomic E-state index is 0.103. The molecule has 3 rings (SSSR count). The lowest BCUT2D eigenvalue weighted by Crippen LogP contribution is -2.50. The van der Waals surface area contributed by atoms with Gasteiger partial charge >= 0.3 is 6.03 Å². The standard InChI is InChI=1S/C24H30N4O7S/c1-24(2,3)17-13-15(28-20(29)9-10-25-23(28)31)12-16(21(17)35-5)22(30)26-18-8-7-14(11-19(18)34-4)27-36(6,32)33/h7-8,11-13,27H,9-10H2,1-6H3,(H,25,31)(H,26,30). The van der Waals surface area contributed by atoms with Crippen LogP contribution in [-0.2, 0) is 20.2 Å². The molecule has 1 aliphatic heterocycles. The fourth-order valence-electron chi connectivity index (χ4n) is 3.79. The van der Waals surface area contributed by atoms with Gasteiger partial charge in [-0.15, -0.1) is 0 Å². The first-order valence-corrected chi connectivity index (χ1v) is 12.9. The summed E-state index contributed by atoms with van der Waals surface area (Å²) in [5.74, 6) is -0.450. The highest BCUT2D eigenvalue weighted by Gasteiger charge is 2.32. The maximum atomic E-state index is 13.5. The Bertz CT molecular complexity index is 1300. The Morgan fingerprint density at radius 3 is 2.33 bits per heavy atom. The highest BCUT2D eigenvalue weighted by atomic mass is 32.2. The van der Waals surface area contributed by atoms with Crippen molar-refractivity contribution in [1.82, 2.24) is 5.32 Å². The number of rotatable bonds is 7. The van der Waals surface area contributed by atoms with E-state index in [1.807, 2.05) is 20.8 Å². The van der Waals surface area contributed by atoms with Crippen LogP contribution in [0.2, 0.25) is 0 Å². The fourth-order valence-corrected chi connectivity index (χ4v) is 4.35. The maximum Gasteiger partial charge on any atom is 0.328 e. The van der Waals surface area contributed by atoms with Crippen molar-refractivity contribution in [3.05, 3.63) is 41.5 Å². The van der Waals surface area contributed by atoms with Crippen LogP contribution in [0.15, 0.2) is 30.3 Å². The smallest absolute Gasteiger partial charge is 0.328 e. The summed E-state index contributed by atoms with van der Waals surface area (Å²) in [6.07, 6.45) is 1.16. The van der Waals surface area contributed by atoms with E-state index in [1.54, 1.807) is 6.07 Å². The summed E-state index contributed by atoms with van der Waals surface area (Å²) in [5.41, 5.74) is 1.01. The number of hydrogen-bond donors (Lipinski definition) is 3. The van der Waals surface area contributed by atoms with E-state index in [9.17, 15) is 22.8 Å². The number of benzene rings is 2. The van der Waals surface area contributed by atoms with Gasteiger partial charge in [0.25, 0.3) is 5.91 Å². The predicted molar refractivity (Wildman–Crippen MR) is 137 cm³/mol. The topological polar surface area (TPSA) is 143 Å². The molecular weight excluding hydrogens is 488 g/mol. The third-order valence-electron chi connectivity index (χ3n) is 5.41. The number of sulfonamides is 1. The van der Waals surface area contributed by atoms with Crippen LogP contribution in [0.5, 0.6) is 11.5 Å². The molecule has 0 bridgehead atoms. The second kappa shape index (κ2) is 10.1. The molecule has 12 heteroatoms. The fraction of sp³-hybridized carbons (Fsp3) is 0.375. The van der Waals surface area contributed by atoms with E-state index < -0.39 is 27.4 Å². The molecule has 2 aromatic carbocycles. The monoisotopic (exact) mass is 518 g/mol. The number of anilines is 3. The SMILES string of the molecule is COc1cc(NS(C)(=O)=O)ccc1NC(=O)c1cc(N2C(=O)CCNC2=O)cc(C(C)(C)C)c1OC. The number of ether oxygens (including phenoxy) is 2. The first-order chi connectivity index (χ1) is 16.7. The van der Waals surface area contributed by atoms with Crippen molar-refractivity contribution >= 4 is 44.9 Å². The van der Waals surface area contributed by atoms with Crippen LogP contribution < -0.4 is 29.7 Å². The molecule has 0 saturated carbocycles. The van der Waals surface area contributed by atoms with Crippen molar-refractivity contribution in [2.45, 2.75) is 32.6 Å². The van der Waals surface area contributed by atoms with Crippen molar-refractivity contribution in [1.29, 1.82) is 0 Å². The molecule has 1 fully saturated rings. The summed E-state index contributed by atoms with van der Waals surface area (Å²) in [6.45, 7) is 6.01. The zero-order valence-corrected chi connectivity index (χ0v) is 21.8. The van der Waals surface area contributed by atoms with E-state index in [2.05, 4.69) is 15.4 Å². The average molecular weight is 519 g/mol. The molecule has 194 valence electrons. The van der Waals surface area contributed by atoms with Gasteiger partial charge < -0.3 is 20.1 Å². The number of nitrogens with one attached hydrogen (secondary N) is 3. The lowest BCUT2D eigenvalue weighted by atomic mass is 9.84. The van der Waals surface area contributed by atoms with E-state index in [0.29, 0.717) is 11.3 Å². The Balaban J connectivity index is 2.09. The Morgan fingerprint density at radius 2 is 1.78 bits per heavy atom. The van der Waals surface area contributed by atoms with Crippen LogP contribution in [-0.4, -0.2) is 53.3 Å². The largest absolute Gasteiger partial charge is 0.496 e. The molecule has 0 aliphatic carbocycles. The molecule has 2 aromatic rings. The predicted octanol–water partition coefficient (Wildman–Crippen LogP) is 3.07. The molecule has 36 heavy (non-hydrogen) atoms. The lowest BCUT2D eigenvalue weighted by Gasteiger charge is -2.30. The molecule has 1 saturated heterocycles. The number of nitrogens with zero attached hydrogens (tertiary/aromatic N) is 1. The third-order valence-corrected chi connectivity index (χ3v) is 6.02. The van der Waals surface area contributed by atoms with Gasteiger partial charge in [-0.3, -0.25) is 14.3 Å². The molecule has 0 unspecified atom stereocenters. The second-order valence-corrected chi connectivity index (χ2v) is 11.0. The van der Waals surface area contributed by atoms with Gasteiger partial charge in [-0.1, -0.05) is 20.8 Å². The summed E-state index contributed by atoms with van der Waals surface area (Å²) >= 11 is 0. The Hall–Kier alpha value is -3.80. The Kier molecular flexibility index (Phi) is 7.48. The van der Waals surface area contributed by atoms with Crippen LogP contribution >= 0.6 is 0 Å². The number of carbonyl (C=O) groups excluding carboxylic acids is 3. The highest BCUT2D eigenvalue weighted by molar-refractivity contribution is 7.92. The molecule has 11 nitrogen and oxygen atoms in total. The molecule has 1 aliphatic rings. The molecule has 0 radical (unpaired) electrons. The normalized spacial score (nSPS) is 14.2. The van der Waals surface area contributed by atoms with Crippen LogP contribution in [0.3, 0.4) is 0 Å². The van der Waals surface area contributed by atoms with E-state index >= 15 is 0 Å². The molecular formula is C24H30N4O7S. The van der Waals surface area contributed by atoms with E-state index in [-0.39, 0.29) is 47.2 Å². The van der Waals surface area contributed by atoms with Gasteiger partial charge in [0.1, 0.15) is 11.5 Å².